The monoisotopic (exact) mass is 298 g/mol. The fraction of sp³-hybridized carbons (Fsp3) is 0.125. The van der Waals surface area contributed by atoms with Crippen LogP contribution in [0.5, 0.6) is 0 Å². The van der Waals surface area contributed by atoms with Crippen LogP contribution in [-0.2, 0) is 5.75 Å². The van der Waals surface area contributed by atoms with Crippen molar-refractivity contribution in [3.63, 3.8) is 0 Å². The van der Waals surface area contributed by atoms with Crippen molar-refractivity contribution < 1.29 is 0 Å². The first-order valence-electron chi connectivity index (χ1n) is 6.33. The molecule has 0 unspecified atom stereocenters. The molecule has 20 heavy (non-hydrogen) atoms. The quantitative estimate of drug-likeness (QED) is 0.570. The Morgan fingerprint density at radius 2 is 2.10 bits per heavy atom. The second kappa shape index (κ2) is 6.19. The van der Waals surface area contributed by atoms with Gasteiger partial charge in [0.05, 0.1) is 16.4 Å². The third-order valence-electron chi connectivity index (χ3n) is 2.85. The van der Waals surface area contributed by atoms with Gasteiger partial charge >= 0.3 is 0 Å². The Morgan fingerprint density at radius 3 is 2.95 bits per heavy atom. The maximum Gasteiger partial charge on any atom is 0.0772 e. The molecule has 3 rings (SSSR count). The van der Waals surface area contributed by atoms with E-state index in [0.29, 0.717) is 6.54 Å². The van der Waals surface area contributed by atoms with Crippen LogP contribution in [0, 0.1) is 11.8 Å². The maximum absolute atomic E-state index is 5.38. The zero-order valence-corrected chi connectivity index (χ0v) is 12.5. The Labute approximate surface area is 126 Å². The number of rotatable bonds is 3. The fourth-order valence-electron chi connectivity index (χ4n) is 1.93. The van der Waals surface area contributed by atoms with Gasteiger partial charge < -0.3 is 10.7 Å². The van der Waals surface area contributed by atoms with Gasteiger partial charge in [-0.25, -0.2) is 0 Å². The number of aromatic nitrogens is 1. The van der Waals surface area contributed by atoms with Crippen molar-refractivity contribution in [2.75, 3.05) is 6.54 Å². The number of nitrogens with one attached hydrogen (secondary N) is 1. The van der Waals surface area contributed by atoms with Crippen LogP contribution >= 0.6 is 23.1 Å². The van der Waals surface area contributed by atoms with Crippen LogP contribution in [0.4, 0.5) is 0 Å². The molecule has 0 aliphatic heterocycles. The minimum atomic E-state index is 0.414. The topological polar surface area (TPSA) is 41.8 Å². The van der Waals surface area contributed by atoms with Gasteiger partial charge in [-0.2, -0.15) is 0 Å². The van der Waals surface area contributed by atoms with Crippen LogP contribution in [0.25, 0.3) is 10.9 Å². The van der Waals surface area contributed by atoms with Gasteiger partial charge in [-0.15, -0.1) is 23.1 Å². The molecular formula is C16H14N2S2. The maximum atomic E-state index is 5.38. The molecule has 0 fully saturated rings. The van der Waals surface area contributed by atoms with Crippen LogP contribution in [0.1, 0.15) is 9.75 Å². The summed E-state index contributed by atoms with van der Waals surface area (Å²) in [5, 5.41) is 2.46. The molecule has 2 heterocycles. The van der Waals surface area contributed by atoms with Gasteiger partial charge in [0.15, 0.2) is 0 Å². The van der Waals surface area contributed by atoms with E-state index in [4.69, 9.17) is 5.73 Å². The van der Waals surface area contributed by atoms with Crippen molar-refractivity contribution >= 4 is 34.0 Å². The zero-order chi connectivity index (χ0) is 13.8. The Morgan fingerprint density at radius 1 is 1.20 bits per heavy atom. The number of hydrogen-bond donors (Lipinski definition) is 2. The SMILES string of the molecule is NCC#Cc1ccc(CSc2cc3ccccc3[nH]2)s1. The van der Waals surface area contributed by atoms with Crippen molar-refractivity contribution in [3.8, 4) is 11.8 Å². The van der Waals surface area contributed by atoms with Crippen LogP contribution in [-0.4, -0.2) is 11.5 Å². The molecule has 100 valence electrons. The number of para-hydroxylation sites is 1. The second-order valence-electron chi connectivity index (χ2n) is 4.28. The highest BCUT2D eigenvalue weighted by atomic mass is 32.2. The number of benzene rings is 1. The summed E-state index contributed by atoms with van der Waals surface area (Å²) < 4.78 is 0. The molecule has 0 saturated heterocycles. The van der Waals surface area contributed by atoms with Crippen molar-refractivity contribution in [1.29, 1.82) is 0 Å². The number of fused-ring (bicyclic) bond motifs is 1. The van der Waals surface area contributed by atoms with E-state index >= 15 is 0 Å². The van der Waals surface area contributed by atoms with Crippen LogP contribution in [0.2, 0.25) is 0 Å². The molecule has 0 aliphatic carbocycles. The second-order valence-corrected chi connectivity index (χ2v) is 6.47. The Kier molecular flexibility index (Phi) is 4.12. The molecular weight excluding hydrogens is 284 g/mol. The van der Waals surface area contributed by atoms with Gasteiger partial charge in [0.2, 0.25) is 0 Å². The van der Waals surface area contributed by atoms with E-state index in [-0.39, 0.29) is 0 Å². The number of nitrogens with two attached hydrogens (primary N) is 1. The first-order chi connectivity index (χ1) is 9.85. The Hall–Kier alpha value is -1.67. The summed E-state index contributed by atoms with van der Waals surface area (Å²) in [4.78, 5) is 5.84. The molecule has 2 aromatic heterocycles. The van der Waals surface area contributed by atoms with Crippen molar-refractivity contribution in [2.45, 2.75) is 10.8 Å². The molecule has 1 aromatic carbocycles. The van der Waals surface area contributed by atoms with Crippen LogP contribution < -0.4 is 5.73 Å². The highest BCUT2D eigenvalue weighted by Crippen LogP contribution is 2.28. The molecule has 3 N–H and O–H groups in total. The summed E-state index contributed by atoms with van der Waals surface area (Å²) in [6.07, 6.45) is 0. The zero-order valence-electron chi connectivity index (χ0n) is 10.8. The molecule has 0 atom stereocenters. The number of thioether (sulfide) groups is 1. The van der Waals surface area contributed by atoms with E-state index in [9.17, 15) is 0 Å². The smallest absolute Gasteiger partial charge is 0.0772 e. The number of thiophene rings is 1. The lowest BCUT2D eigenvalue weighted by Crippen LogP contribution is -1.92. The Bertz CT molecular complexity index is 741. The summed E-state index contributed by atoms with van der Waals surface area (Å²) >= 11 is 3.55. The normalized spacial score (nSPS) is 10.4. The van der Waals surface area contributed by atoms with E-state index in [1.807, 2.05) is 11.8 Å². The summed E-state index contributed by atoms with van der Waals surface area (Å²) in [7, 11) is 0. The number of hydrogen-bond acceptors (Lipinski definition) is 3. The van der Waals surface area contributed by atoms with Crippen molar-refractivity contribution in [2.24, 2.45) is 5.73 Å². The van der Waals surface area contributed by atoms with Gasteiger partial charge in [0.1, 0.15) is 0 Å². The molecule has 3 aromatic rings. The standard InChI is InChI=1S/C16H14N2S2/c17-9-3-5-13-7-8-14(20-13)11-19-16-10-12-4-1-2-6-15(12)18-16/h1-2,4,6-8,10,18H,9,11,17H2. The molecule has 0 spiro atoms. The van der Waals surface area contributed by atoms with E-state index < -0.39 is 0 Å². The highest BCUT2D eigenvalue weighted by molar-refractivity contribution is 7.98. The number of aromatic amines is 1. The summed E-state index contributed by atoms with van der Waals surface area (Å²) in [5.41, 5.74) is 6.57. The molecule has 0 bridgehead atoms. The fourth-order valence-corrected chi connectivity index (χ4v) is 3.81. The van der Waals surface area contributed by atoms with Crippen molar-refractivity contribution in [1.82, 2.24) is 4.98 Å². The first-order valence-corrected chi connectivity index (χ1v) is 8.13. The molecule has 0 aliphatic rings. The average molecular weight is 298 g/mol. The van der Waals surface area contributed by atoms with Crippen LogP contribution in [0.3, 0.4) is 0 Å². The highest BCUT2D eigenvalue weighted by Gasteiger charge is 2.03. The summed E-state index contributed by atoms with van der Waals surface area (Å²) in [6.45, 7) is 0.414. The third kappa shape index (κ3) is 3.07. The van der Waals surface area contributed by atoms with Gasteiger partial charge in [0.25, 0.3) is 0 Å². The number of H-pyrrole nitrogens is 1. The largest absolute Gasteiger partial charge is 0.350 e. The van der Waals surface area contributed by atoms with Gasteiger partial charge in [-0.05, 0) is 24.3 Å². The molecule has 0 radical (unpaired) electrons. The lowest BCUT2D eigenvalue weighted by molar-refractivity contribution is 1.23. The summed E-state index contributed by atoms with van der Waals surface area (Å²) in [5.74, 6) is 6.92. The summed E-state index contributed by atoms with van der Waals surface area (Å²) in [6, 6.07) is 14.7. The van der Waals surface area contributed by atoms with Crippen LogP contribution in [0.15, 0.2) is 47.5 Å². The lowest BCUT2D eigenvalue weighted by atomic mass is 10.3. The minimum Gasteiger partial charge on any atom is -0.350 e. The minimum absolute atomic E-state index is 0.414. The Balaban J connectivity index is 1.68. The van der Waals surface area contributed by atoms with E-state index in [1.165, 1.54) is 20.8 Å². The average Bonchev–Trinajstić information content (AvgIpc) is 3.09. The predicted molar refractivity (Wildman–Crippen MR) is 88.1 cm³/mol. The van der Waals surface area contributed by atoms with Gasteiger partial charge in [0, 0.05) is 21.5 Å². The molecule has 0 saturated carbocycles. The molecule has 2 nitrogen and oxygen atoms in total. The first kappa shape index (κ1) is 13.3. The van der Waals surface area contributed by atoms with E-state index in [2.05, 4.69) is 59.3 Å². The molecule has 4 heteroatoms. The van der Waals surface area contributed by atoms with Gasteiger partial charge in [-0.1, -0.05) is 30.0 Å². The lowest BCUT2D eigenvalue weighted by Gasteiger charge is -1.94. The van der Waals surface area contributed by atoms with Crippen molar-refractivity contribution in [3.05, 3.63) is 52.2 Å². The third-order valence-corrected chi connectivity index (χ3v) is 5.02. The predicted octanol–water partition coefficient (Wildman–Crippen LogP) is 3.83. The van der Waals surface area contributed by atoms with E-state index in [1.54, 1.807) is 11.3 Å². The van der Waals surface area contributed by atoms with E-state index in [0.717, 1.165) is 10.6 Å². The van der Waals surface area contributed by atoms with Gasteiger partial charge in [-0.3, -0.25) is 0 Å². The molecule has 0 amide bonds.